The van der Waals surface area contributed by atoms with E-state index in [0.717, 1.165) is 6.42 Å². The largest absolute Gasteiger partial charge is 0.379 e. The van der Waals surface area contributed by atoms with Crippen LogP contribution in [0, 0.1) is 0 Å². The van der Waals surface area contributed by atoms with Crippen molar-refractivity contribution in [2.75, 3.05) is 52.0 Å². The van der Waals surface area contributed by atoms with Gasteiger partial charge in [0.25, 0.3) is 5.91 Å². The van der Waals surface area contributed by atoms with E-state index >= 15 is 0 Å². The molecule has 4 amide bonds. The van der Waals surface area contributed by atoms with Crippen LogP contribution in [0.2, 0.25) is 0 Å². The van der Waals surface area contributed by atoms with Crippen molar-refractivity contribution in [3.63, 3.8) is 0 Å². The van der Waals surface area contributed by atoms with Gasteiger partial charge in [0.1, 0.15) is 6.04 Å². The van der Waals surface area contributed by atoms with E-state index in [1.807, 2.05) is 6.92 Å². The van der Waals surface area contributed by atoms with Crippen LogP contribution in [0.3, 0.4) is 0 Å². The number of amides is 4. The van der Waals surface area contributed by atoms with Crippen LogP contribution in [0.1, 0.15) is 53.3 Å². The molecule has 0 aliphatic carbocycles. The number of nitrogens with one attached hydrogen (secondary N) is 2. The average Bonchev–Trinajstić information content (AvgIpc) is 2.84. The number of benzene rings is 1. The molecular weight excluding hydrogens is 458 g/mol. The van der Waals surface area contributed by atoms with Gasteiger partial charge in [-0.1, -0.05) is 13.0 Å². The number of aldehydes is 1. The van der Waals surface area contributed by atoms with Crippen LogP contribution < -0.4 is 10.6 Å². The molecule has 35 heavy (non-hydrogen) atoms. The first kappa shape index (κ1) is 28.1. The summed E-state index contributed by atoms with van der Waals surface area (Å²) in [6.07, 6.45) is 1.80. The molecule has 1 aromatic rings. The molecule has 192 valence electrons. The maximum atomic E-state index is 13.0. The number of piperidine rings is 1. The van der Waals surface area contributed by atoms with Crippen molar-refractivity contribution in [3.8, 4) is 0 Å². The lowest BCUT2D eigenvalue weighted by Crippen LogP contribution is -2.53. The Hall–Kier alpha value is -3.15. The third kappa shape index (κ3) is 8.85. The van der Waals surface area contributed by atoms with Gasteiger partial charge in [-0.15, -0.1) is 0 Å². The van der Waals surface area contributed by atoms with Gasteiger partial charge in [-0.25, -0.2) is 0 Å². The number of ether oxygens (including phenoxy) is 3. The maximum Gasteiger partial charge on any atom is 0.255 e. The highest BCUT2D eigenvalue weighted by Crippen LogP contribution is 2.22. The number of likely N-dealkylation sites (N-methyl/N-ethyl adjacent to an activating group) is 1. The second kappa shape index (κ2) is 15.0. The molecule has 0 aromatic heterocycles. The number of anilines is 1. The average molecular weight is 492 g/mol. The quantitative estimate of drug-likeness (QED) is 0.212. The first-order chi connectivity index (χ1) is 16.9. The molecule has 0 spiro atoms. The van der Waals surface area contributed by atoms with Crippen LogP contribution in [0.4, 0.5) is 5.69 Å². The fourth-order valence-corrected chi connectivity index (χ4v) is 3.43. The van der Waals surface area contributed by atoms with Crippen molar-refractivity contribution in [1.29, 1.82) is 0 Å². The summed E-state index contributed by atoms with van der Waals surface area (Å²) in [7, 11) is 1.43. The number of carbonyl (C=O) groups is 5. The molecule has 1 aliphatic rings. The highest BCUT2D eigenvalue weighted by atomic mass is 16.5. The molecule has 0 saturated carbocycles. The lowest BCUT2D eigenvalue weighted by atomic mass is 10.0. The summed E-state index contributed by atoms with van der Waals surface area (Å²) in [5.41, 5.74) is 0.230. The first-order valence-electron chi connectivity index (χ1n) is 11.6. The Morgan fingerprint density at radius 3 is 2.37 bits per heavy atom. The molecule has 1 aromatic carbocycles. The van der Waals surface area contributed by atoms with Gasteiger partial charge in [0.15, 0.2) is 6.29 Å². The second-order valence-electron chi connectivity index (χ2n) is 7.90. The maximum absolute atomic E-state index is 13.0. The van der Waals surface area contributed by atoms with Crippen LogP contribution in [-0.4, -0.2) is 87.5 Å². The normalized spacial score (nSPS) is 15.4. The third-order valence-electron chi connectivity index (χ3n) is 5.29. The fourth-order valence-electron chi connectivity index (χ4n) is 3.43. The molecule has 2 N–H and O–H groups in total. The SMILES string of the molecule is CCCOCCOCCOCCC(=O)Nc1cccc(C(=O)N(C)C2CCC(=O)NC2=O)c1C=O. The smallest absolute Gasteiger partial charge is 0.255 e. The van der Waals surface area contributed by atoms with E-state index in [4.69, 9.17) is 14.2 Å². The van der Waals surface area contributed by atoms with Crippen molar-refractivity contribution < 1.29 is 38.2 Å². The fraction of sp³-hybridized carbons (Fsp3) is 0.542. The van der Waals surface area contributed by atoms with E-state index in [9.17, 15) is 24.0 Å². The number of imide groups is 1. The van der Waals surface area contributed by atoms with Gasteiger partial charge in [-0.3, -0.25) is 29.3 Å². The molecule has 11 heteroatoms. The van der Waals surface area contributed by atoms with E-state index in [2.05, 4.69) is 10.6 Å². The predicted molar refractivity (Wildman–Crippen MR) is 126 cm³/mol. The van der Waals surface area contributed by atoms with Crippen molar-refractivity contribution in [2.24, 2.45) is 0 Å². The Morgan fingerprint density at radius 1 is 1.09 bits per heavy atom. The summed E-state index contributed by atoms with van der Waals surface area (Å²) in [6, 6.07) is 3.66. The number of hydrogen-bond acceptors (Lipinski definition) is 8. The zero-order valence-electron chi connectivity index (χ0n) is 20.2. The molecule has 1 heterocycles. The molecule has 11 nitrogen and oxygen atoms in total. The van der Waals surface area contributed by atoms with Gasteiger partial charge < -0.3 is 24.4 Å². The molecule has 0 bridgehead atoms. The number of nitrogens with zero attached hydrogens (tertiary/aromatic N) is 1. The third-order valence-corrected chi connectivity index (χ3v) is 5.29. The summed E-state index contributed by atoms with van der Waals surface area (Å²) in [5.74, 6) is -1.91. The van der Waals surface area contributed by atoms with Crippen LogP contribution in [0.25, 0.3) is 0 Å². The molecule has 1 unspecified atom stereocenters. The van der Waals surface area contributed by atoms with Crippen LogP contribution in [-0.2, 0) is 28.6 Å². The Labute approximate surface area is 204 Å². The lowest BCUT2D eigenvalue weighted by molar-refractivity contribution is -0.136. The van der Waals surface area contributed by atoms with E-state index in [1.165, 1.54) is 30.1 Å². The van der Waals surface area contributed by atoms with Gasteiger partial charge in [0, 0.05) is 20.1 Å². The highest BCUT2D eigenvalue weighted by molar-refractivity contribution is 6.08. The van der Waals surface area contributed by atoms with Crippen molar-refractivity contribution >= 4 is 35.6 Å². The van der Waals surface area contributed by atoms with Crippen molar-refractivity contribution in [3.05, 3.63) is 29.3 Å². The predicted octanol–water partition coefficient (Wildman–Crippen LogP) is 1.16. The Kier molecular flexibility index (Phi) is 12.0. The van der Waals surface area contributed by atoms with Gasteiger partial charge in [0.2, 0.25) is 17.7 Å². The lowest BCUT2D eigenvalue weighted by Gasteiger charge is -2.30. The van der Waals surface area contributed by atoms with Crippen molar-refractivity contribution in [1.82, 2.24) is 10.2 Å². The number of rotatable bonds is 15. The monoisotopic (exact) mass is 491 g/mol. The topological polar surface area (TPSA) is 140 Å². The summed E-state index contributed by atoms with van der Waals surface area (Å²) in [6.45, 7) is 4.62. The van der Waals surface area contributed by atoms with Crippen LogP contribution in [0.5, 0.6) is 0 Å². The Balaban J connectivity index is 1.85. The van der Waals surface area contributed by atoms with Gasteiger partial charge in [0.05, 0.1) is 56.3 Å². The van der Waals surface area contributed by atoms with Gasteiger partial charge >= 0.3 is 0 Å². The van der Waals surface area contributed by atoms with Gasteiger partial charge in [-0.2, -0.15) is 0 Å². The van der Waals surface area contributed by atoms with E-state index in [-0.39, 0.29) is 54.5 Å². The minimum absolute atomic E-state index is 0.00426. The van der Waals surface area contributed by atoms with Crippen molar-refractivity contribution in [2.45, 2.75) is 38.6 Å². The first-order valence-corrected chi connectivity index (χ1v) is 11.6. The highest BCUT2D eigenvalue weighted by Gasteiger charge is 2.33. The minimum Gasteiger partial charge on any atom is -0.379 e. The summed E-state index contributed by atoms with van der Waals surface area (Å²) in [4.78, 5) is 61.8. The number of carbonyl (C=O) groups excluding carboxylic acids is 5. The van der Waals surface area contributed by atoms with Crippen LogP contribution >= 0.6 is 0 Å². The second-order valence-corrected chi connectivity index (χ2v) is 7.90. The summed E-state index contributed by atoms with van der Waals surface area (Å²) >= 11 is 0. The molecule has 2 rings (SSSR count). The summed E-state index contributed by atoms with van der Waals surface area (Å²) in [5, 5.41) is 4.83. The summed E-state index contributed by atoms with van der Waals surface area (Å²) < 4.78 is 16.0. The molecule has 1 fully saturated rings. The number of hydrogen-bond donors (Lipinski definition) is 2. The van der Waals surface area contributed by atoms with Crippen LogP contribution in [0.15, 0.2) is 18.2 Å². The van der Waals surface area contributed by atoms with E-state index in [0.29, 0.717) is 39.3 Å². The molecular formula is C24H33N3O8. The molecule has 0 radical (unpaired) electrons. The van der Waals surface area contributed by atoms with E-state index in [1.54, 1.807) is 0 Å². The van der Waals surface area contributed by atoms with Gasteiger partial charge in [-0.05, 0) is 25.0 Å². The van der Waals surface area contributed by atoms with E-state index < -0.39 is 17.9 Å². The molecule has 1 aliphatic heterocycles. The zero-order chi connectivity index (χ0) is 25.6. The minimum atomic E-state index is -0.831. The Morgan fingerprint density at radius 2 is 1.74 bits per heavy atom. The Bertz CT molecular complexity index is 905. The molecule has 1 atom stereocenters. The standard InChI is InChI=1S/C24H33N3O8/c1-3-10-33-12-14-35-15-13-34-11-9-22(30)25-19-6-4-5-17(18(19)16-28)24(32)27(2)20-7-8-21(29)26-23(20)31/h4-6,16,20H,3,7-15H2,1-2H3,(H,25,30)(H,26,29,31). The molecule has 1 saturated heterocycles. The zero-order valence-corrected chi connectivity index (χ0v) is 20.2.